The fourth-order valence-corrected chi connectivity index (χ4v) is 2.11. The summed E-state index contributed by atoms with van der Waals surface area (Å²) >= 11 is 0. The molecule has 5 nitrogen and oxygen atoms in total. The third-order valence-corrected chi connectivity index (χ3v) is 3.06. The summed E-state index contributed by atoms with van der Waals surface area (Å²) in [6.07, 6.45) is 6.47. The van der Waals surface area contributed by atoms with Crippen LogP contribution in [0.1, 0.15) is 22.9 Å². The second kappa shape index (κ2) is 3.20. The number of aromatic nitrogens is 1. The zero-order valence-corrected chi connectivity index (χ0v) is 8.51. The highest BCUT2D eigenvalue weighted by atomic mass is 16.6. The molecule has 5 heteroatoms. The number of epoxide rings is 1. The van der Waals surface area contributed by atoms with Gasteiger partial charge in [-0.2, -0.15) is 0 Å². The van der Waals surface area contributed by atoms with Gasteiger partial charge in [-0.1, -0.05) is 12.2 Å². The van der Waals surface area contributed by atoms with E-state index in [1.807, 2.05) is 18.3 Å². The van der Waals surface area contributed by atoms with Crippen LogP contribution in [0.4, 0.5) is 0 Å². The summed E-state index contributed by atoms with van der Waals surface area (Å²) in [4.78, 5) is 13.8. The first-order chi connectivity index (χ1) is 7.66. The fraction of sp³-hybridized carbons (Fsp3) is 0.364. The van der Waals surface area contributed by atoms with Crippen molar-refractivity contribution in [2.24, 2.45) is 5.73 Å². The fourth-order valence-electron chi connectivity index (χ4n) is 2.11. The number of H-pyrrole nitrogens is 1. The molecule has 1 saturated heterocycles. The van der Waals surface area contributed by atoms with Crippen LogP contribution in [0, 0.1) is 0 Å². The highest BCUT2D eigenvalue weighted by Crippen LogP contribution is 2.45. The number of hydrogen-bond donors (Lipinski definition) is 3. The molecule has 0 bridgehead atoms. The van der Waals surface area contributed by atoms with Gasteiger partial charge in [-0.3, -0.25) is 4.79 Å². The Morgan fingerprint density at radius 1 is 1.69 bits per heavy atom. The van der Waals surface area contributed by atoms with E-state index in [4.69, 9.17) is 15.6 Å². The molecule has 2 heterocycles. The second-order valence-electron chi connectivity index (χ2n) is 4.17. The van der Waals surface area contributed by atoms with E-state index in [0.717, 1.165) is 16.8 Å². The molecule has 2 aliphatic rings. The van der Waals surface area contributed by atoms with Gasteiger partial charge in [0.25, 0.3) is 0 Å². The van der Waals surface area contributed by atoms with Crippen LogP contribution in [0.5, 0.6) is 0 Å². The summed E-state index contributed by atoms with van der Waals surface area (Å²) in [7, 11) is 0. The van der Waals surface area contributed by atoms with Crippen molar-refractivity contribution < 1.29 is 14.6 Å². The van der Waals surface area contributed by atoms with Crippen LogP contribution in [-0.4, -0.2) is 28.2 Å². The summed E-state index contributed by atoms with van der Waals surface area (Å²) in [5.41, 5.74) is 8.54. The van der Waals surface area contributed by atoms with Crippen LogP contribution in [-0.2, 0) is 16.0 Å². The van der Waals surface area contributed by atoms with Gasteiger partial charge in [0.2, 0.25) is 0 Å². The molecule has 4 N–H and O–H groups in total. The maximum Gasteiger partial charge on any atom is 0.320 e. The number of ether oxygens (including phenoxy) is 1. The summed E-state index contributed by atoms with van der Waals surface area (Å²) in [5, 5.41) is 8.77. The molecular formula is C11H12N2O3. The number of carbonyl (C=O) groups is 1. The molecule has 1 fully saturated rings. The molecule has 2 unspecified atom stereocenters. The largest absolute Gasteiger partial charge is 0.480 e. The van der Waals surface area contributed by atoms with E-state index in [0.29, 0.717) is 6.42 Å². The van der Waals surface area contributed by atoms with Gasteiger partial charge in [-0.15, -0.1) is 0 Å². The van der Waals surface area contributed by atoms with E-state index in [1.165, 1.54) is 0 Å². The number of rotatable bonds is 3. The Kier molecular flexibility index (Phi) is 1.92. The molecule has 0 amide bonds. The lowest BCUT2D eigenvalue weighted by atomic mass is 9.98. The van der Waals surface area contributed by atoms with Gasteiger partial charge in [0.05, 0.1) is 5.69 Å². The number of aromatic amines is 1. The summed E-state index contributed by atoms with van der Waals surface area (Å²) in [6, 6.07) is -0.855. The van der Waals surface area contributed by atoms with Crippen molar-refractivity contribution in [2.75, 3.05) is 0 Å². The van der Waals surface area contributed by atoms with Gasteiger partial charge < -0.3 is 20.6 Å². The van der Waals surface area contributed by atoms with Crippen LogP contribution < -0.4 is 5.73 Å². The Hall–Kier alpha value is -1.59. The van der Waals surface area contributed by atoms with Crippen LogP contribution >= 0.6 is 0 Å². The molecule has 1 aromatic rings. The van der Waals surface area contributed by atoms with Crippen molar-refractivity contribution in [3.05, 3.63) is 29.1 Å². The standard InChI is InChI=1S/C11H12N2O3/c12-7(11(14)15)3-5-4-13-9-6(5)1-2-8-10(9)16-8/h1-2,4,7-8,10,13H,3,12H2,(H,14,15)/t7-,8?,10?/m0/s1. The summed E-state index contributed by atoms with van der Waals surface area (Å²) < 4.78 is 5.40. The monoisotopic (exact) mass is 220 g/mol. The number of hydrogen-bond acceptors (Lipinski definition) is 3. The molecule has 16 heavy (non-hydrogen) atoms. The SMILES string of the molecule is N[C@@H](Cc1c[nH]c2c1C=CC1OC21)C(=O)O. The summed E-state index contributed by atoms with van der Waals surface area (Å²) in [6.45, 7) is 0. The molecule has 0 saturated carbocycles. The van der Waals surface area contributed by atoms with Gasteiger partial charge in [-0.05, 0) is 5.56 Å². The highest BCUT2D eigenvalue weighted by Gasteiger charge is 2.43. The van der Waals surface area contributed by atoms with Crippen molar-refractivity contribution in [1.82, 2.24) is 4.98 Å². The number of carboxylic acid groups (broad SMARTS) is 1. The van der Waals surface area contributed by atoms with Crippen molar-refractivity contribution in [3.63, 3.8) is 0 Å². The Morgan fingerprint density at radius 2 is 2.50 bits per heavy atom. The average Bonchev–Trinajstić information content (AvgIpc) is 2.94. The van der Waals surface area contributed by atoms with E-state index < -0.39 is 12.0 Å². The maximum atomic E-state index is 10.7. The minimum atomic E-state index is -0.977. The van der Waals surface area contributed by atoms with E-state index in [2.05, 4.69) is 4.98 Å². The van der Waals surface area contributed by atoms with Crippen LogP contribution in [0.25, 0.3) is 6.08 Å². The first kappa shape index (κ1) is 9.62. The minimum absolute atomic E-state index is 0.134. The van der Waals surface area contributed by atoms with E-state index in [-0.39, 0.29) is 12.2 Å². The van der Waals surface area contributed by atoms with Crippen LogP contribution in [0.3, 0.4) is 0 Å². The molecule has 0 spiro atoms. The highest BCUT2D eigenvalue weighted by molar-refractivity contribution is 5.74. The molecular weight excluding hydrogens is 208 g/mol. The van der Waals surface area contributed by atoms with Crippen molar-refractivity contribution in [2.45, 2.75) is 24.7 Å². The van der Waals surface area contributed by atoms with Gasteiger partial charge in [-0.25, -0.2) is 0 Å². The minimum Gasteiger partial charge on any atom is -0.480 e. The second-order valence-corrected chi connectivity index (χ2v) is 4.17. The van der Waals surface area contributed by atoms with Crippen molar-refractivity contribution in [3.8, 4) is 0 Å². The van der Waals surface area contributed by atoms with Gasteiger partial charge in [0.15, 0.2) is 0 Å². The Bertz CT molecular complexity index is 478. The predicted octanol–water partition coefficient (Wildman–Crippen LogP) is 0.436. The Morgan fingerprint density at radius 3 is 3.25 bits per heavy atom. The molecule has 3 rings (SSSR count). The first-order valence-corrected chi connectivity index (χ1v) is 5.19. The third kappa shape index (κ3) is 1.36. The predicted molar refractivity (Wildman–Crippen MR) is 56.8 cm³/mol. The van der Waals surface area contributed by atoms with Gasteiger partial charge in [0.1, 0.15) is 18.2 Å². The Labute approximate surface area is 91.9 Å². The quantitative estimate of drug-likeness (QED) is 0.644. The van der Waals surface area contributed by atoms with Gasteiger partial charge in [0, 0.05) is 18.2 Å². The number of aliphatic carboxylic acids is 1. The van der Waals surface area contributed by atoms with E-state index in [1.54, 1.807) is 0 Å². The lowest BCUT2D eigenvalue weighted by Crippen LogP contribution is -2.32. The normalized spacial score (nSPS) is 27.1. The zero-order valence-electron chi connectivity index (χ0n) is 8.51. The lowest BCUT2D eigenvalue weighted by Gasteiger charge is -2.07. The zero-order chi connectivity index (χ0) is 11.3. The molecule has 1 aromatic heterocycles. The molecule has 0 radical (unpaired) electrons. The number of nitrogens with two attached hydrogens (primary N) is 1. The Balaban J connectivity index is 1.87. The lowest BCUT2D eigenvalue weighted by molar-refractivity contribution is -0.138. The van der Waals surface area contributed by atoms with E-state index in [9.17, 15) is 4.79 Å². The maximum absolute atomic E-state index is 10.7. The topological polar surface area (TPSA) is 91.6 Å². The first-order valence-electron chi connectivity index (χ1n) is 5.19. The average molecular weight is 220 g/mol. The van der Waals surface area contributed by atoms with Crippen LogP contribution in [0.15, 0.2) is 12.3 Å². The summed E-state index contributed by atoms with van der Waals surface area (Å²) in [5.74, 6) is -0.977. The van der Waals surface area contributed by atoms with Crippen molar-refractivity contribution >= 4 is 12.0 Å². The van der Waals surface area contributed by atoms with Crippen molar-refractivity contribution in [1.29, 1.82) is 0 Å². The van der Waals surface area contributed by atoms with E-state index >= 15 is 0 Å². The number of carboxylic acids is 1. The molecule has 1 aliphatic carbocycles. The number of nitrogens with one attached hydrogen (secondary N) is 1. The third-order valence-electron chi connectivity index (χ3n) is 3.06. The molecule has 1 aliphatic heterocycles. The van der Waals surface area contributed by atoms with Gasteiger partial charge >= 0.3 is 5.97 Å². The molecule has 84 valence electrons. The van der Waals surface area contributed by atoms with Crippen LogP contribution in [0.2, 0.25) is 0 Å². The number of fused-ring (bicyclic) bond motifs is 3. The molecule has 3 atom stereocenters. The molecule has 0 aromatic carbocycles. The smallest absolute Gasteiger partial charge is 0.320 e.